The summed E-state index contributed by atoms with van der Waals surface area (Å²) in [6.07, 6.45) is 5.91. The van der Waals surface area contributed by atoms with E-state index in [1.54, 1.807) is 30.1 Å². The van der Waals surface area contributed by atoms with Crippen LogP contribution in [0.2, 0.25) is 0 Å². The van der Waals surface area contributed by atoms with Crippen molar-refractivity contribution in [3.8, 4) is 0 Å². The van der Waals surface area contributed by atoms with Crippen molar-refractivity contribution in [2.24, 2.45) is 7.05 Å². The second-order valence-corrected chi connectivity index (χ2v) is 3.94. The van der Waals surface area contributed by atoms with E-state index in [0.29, 0.717) is 5.69 Å². The van der Waals surface area contributed by atoms with Gasteiger partial charge in [-0.1, -0.05) is 0 Å². The fourth-order valence-corrected chi connectivity index (χ4v) is 1.52. The average molecular weight is 272 g/mol. The van der Waals surface area contributed by atoms with E-state index in [1.165, 1.54) is 24.4 Å². The summed E-state index contributed by atoms with van der Waals surface area (Å²) in [5, 5.41) is 15.3. The molecule has 0 saturated heterocycles. The molecule has 20 heavy (non-hydrogen) atoms. The number of amides is 1. The lowest BCUT2D eigenvalue weighted by atomic mass is 10.3. The summed E-state index contributed by atoms with van der Waals surface area (Å²) in [4.78, 5) is 26.1. The number of carboxylic acids is 1. The van der Waals surface area contributed by atoms with Gasteiger partial charge in [0, 0.05) is 31.2 Å². The van der Waals surface area contributed by atoms with E-state index in [9.17, 15) is 9.59 Å². The van der Waals surface area contributed by atoms with Gasteiger partial charge >= 0.3 is 5.97 Å². The van der Waals surface area contributed by atoms with Crippen molar-refractivity contribution >= 4 is 23.6 Å². The predicted octanol–water partition coefficient (Wildman–Crippen LogP) is 1.17. The Bertz CT molecular complexity index is 676. The Hall–Kier alpha value is -2.96. The highest BCUT2D eigenvalue weighted by Crippen LogP contribution is 2.08. The number of aromatic nitrogens is 3. The Labute approximate surface area is 114 Å². The molecule has 2 heterocycles. The molecule has 2 rings (SSSR count). The molecule has 0 spiro atoms. The molecule has 2 aromatic heterocycles. The average Bonchev–Trinajstić information content (AvgIpc) is 2.82. The van der Waals surface area contributed by atoms with Gasteiger partial charge in [0.25, 0.3) is 0 Å². The molecule has 0 aliphatic carbocycles. The van der Waals surface area contributed by atoms with Gasteiger partial charge in [-0.2, -0.15) is 5.10 Å². The first kappa shape index (κ1) is 13.5. The number of hydrogen-bond donors (Lipinski definition) is 2. The van der Waals surface area contributed by atoms with E-state index in [4.69, 9.17) is 5.11 Å². The van der Waals surface area contributed by atoms with Crippen molar-refractivity contribution in [1.82, 2.24) is 14.8 Å². The van der Waals surface area contributed by atoms with Gasteiger partial charge in [0.2, 0.25) is 5.91 Å². The molecule has 0 aliphatic rings. The zero-order chi connectivity index (χ0) is 14.5. The minimum atomic E-state index is -1.15. The molecule has 2 aromatic rings. The third-order valence-electron chi connectivity index (χ3n) is 2.51. The Morgan fingerprint density at radius 2 is 2.15 bits per heavy atom. The number of aryl methyl sites for hydroxylation is 1. The Balaban J connectivity index is 2.05. The monoisotopic (exact) mass is 272 g/mol. The van der Waals surface area contributed by atoms with Crippen LogP contribution in [0.3, 0.4) is 0 Å². The van der Waals surface area contributed by atoms with Crippen LogP contribution in [0.4, 0.5) is 5.69 Å². The number of pyridine rings is 1. The molecule has 102 valence electrons. The maximum atomic E-state index is 11.7. The number of aromatic carboxylic acids is 1. The molecule has 0 saturated carbocycles. The van der Waals surface area contributed by atoms with Gasteiger partial charge in [-0.25, -0.2) is 9.78 Å². The Morgan fingerprint density at radius 3 is 2.80 bits per heavy atom. The second-order valence-electron chi connectivity index (χ2n) is 3.94. The van der Waals surface area contributed by atoms with Crippen molar-refractivity contribution < 1.29 is 14.7 Å². The van der Waals surface area contributed by atoms with Gasteiger partial charge in [-0.3, -0.25) is 9.48 Å². The number of anilines is 1. The van der Waals surface area contributed by atoms with Crippen LogP contribution in [0.5, 0.6) is 0 Å². The van der Waals surface area contributed by atoms with Crippen molar-refractivity contribution in [3.63, 3.8) is 0 Å². The van der Waals surface area contributed by atoms with Crippen LogP contribution in [-0.2, 0) is 11.8 Å². The van der Waals surface area contributed by atoms with Crippen molar-refractivity contribution in [3.05, 3.63) is 48.1 Å². The normalized spacial score (nSPS) is 10.7. The fourth-order valence-electron chi connectivity index (χ4n) is 1.52. The Kier molecular flexibility index (Phi) is 3.90. The zero-order valence-corrected chi connectivity index (χ0v) is 10.6. The van der Waals surface area contributed by atoms with E-state index < -0.39 is 5.97 Å². The van der Waals surface area contributed by atoms with Gasteiger partial charge < -0.3 is 10.4 Å². The number of nitrogens with zero attached hydrogens (tertiary/aromatic N) is 3. The molecule has 1 amide bonds. The van der Waals surface area contributed by atoms with Gasteiger partial charge in [-0.15, -0.1) is 0 Å². The highest BCUT2D eigenvalue weighted by Gasteiger charge is 2.06. The molecule has 2 N–H and O–H groups in total. The van der Waals surface area contributed by atoms with Crippen molar-refractivity contribution in [1.29, 1.82) is 0 Å². The summed E-state index contributed by atoms with van der Waals surface area (Å²) < 4.78 is 1.62. The largest absolute Gasteiger partial charge is 0.477 e. The van der Waals surface area contributed by atoms with Gasteiger partial charge in [0.05, 0.1) is 5.69 Å². The number of carbonyl (C=O) groups is 2. The van der Waals surface area contributed by atoms with Crippen LogP contribution in [0, 0.1) is 0 Å². The minimum Gasteiger partial charge on any atom is -0.477 e. The van der Waals surface area contributed by atoms with Crippen LogP contribution in [0.1, 0.15) is 16.2 Å². The van der Waals surface area contributed by atoms with Crippen molar-refractivity contribution in [2.45, 2.75) is 0 Å². The molecule has 0 unspecified atom stereocenters. The lowest BCUT2D eigenvalue weighted by Gasteiger charge is -2.02. The first-order chi connectivity index (χ1) is 9.56. The maximum absolute atomic E-state index is 11.7. The van der Waals surface area contributed by atoms with Crippen LogP contribution in [0.25, 0.3) is 6.08 Å². The lowest BCUT2D eigenvalue weighted by Crippen LogP contribution is -2.09. The summed E-state index contributed by atoms with van der Waals surface area (Å²) in [5.74, 6) is -1.51. The molecule has 0 atom stereocenters. The van der Waals surface area contributed by atoms with Crippen LogP contribution < -0.4 is 5.32 Å². The lowest BCUT2D eigenvalue weighted by molar-refractivity contribution is -0.111. The molecular weight excluding hydrogens is 260 g/mol. The molecular formula is C13H12N4O3. The van der Waals surface area contributed by atoms with E-state index >= 15 is 0 Å². The molecule has 0 bridgehead atoms. The van der Waals surface area contributed by atoms with Crippen LogP contribution in [0.15, 0.2) is 36.7 Å². The topological polar surface area (TPSA) is 97.1 Å². The predicted molar refractivity (Wildman–Crippen MR) is 72.1 cm³/mol. The summed E-state index contributed by atoms with van der Waals surface area (Å²) in [6, 6.07) is 4.57. The van der Waals surface area contributed by atoms with E-state index in [0.717, 1.165) is 5.69 Å². The molecule has 0 aromatic carbocycles. The minimum absolute atomic E-state index is 0.126. The highest BCUT2D eigenvalue weighted by molar-refractivity contribution is 6.02. The van der Waals surface area contributed by atoms with E-state index in [1.807, 2.05) is 0 Å². The first-order valence-electron chi connectivity index (χ1n) is 5.72. The summed E-state index contributed by atoms with van der Waals surface area (Å²) in [6.45, 7) is 0. The molecule has 7 heteroatoms. The molecule has 0 aliphatic heterocycles. The van der Waals surface area contributed by atoms with Gasteiger partial charge in [0.1, 0.15) is 5.69 Å². The van der Waals surface area contributed by atoms with E-state index in [-0.39, 0.29) is 11.6 Å². The summed E-state index contributed by atoms with van der Waals surface area (Å²) in [5.41, 5.74) is 1.02. The second kappa shape index (κ2) is 5.79. The third kappa shape index (κ3) is 3.29. The van der Waals surface area contributed by atoms with Crippen LogP contribution in [-0.4, -0.2) is 31.7 Å². The van der Waals surface area contributed by atoms with E-state index in [2.05, 4.69) is 15.4 Å². The standard InChI is InChI=1S/C13H12N4O3/c1-17-10(5-7-15-17)2-3-12(18)16-9-4-6-14-11(8-9)13(19)20/h2-8H,1H3,(H,19,20)(H,14,16,18). The molecule has 7 nitrogen and oxygen atoms in total. The number of rotatable bonds is 4. The quantitative estimate of drug-likeness (QED) is 0.814. The number of carboxylic acid groups (broad SMARTS) is 1. The maximum Gasteiger partial charge on any atom is 0.354 e. The number of hydrogen-bond acceptors (Lipinski definition) is 4. The summed E-state index contributed by atoms with van der Waals surface area (Å²) in [7, 11) is 1.76. The van der Waals surface area contributed by atoms with Gasteiger partial charge in [-0.05, 0) is 24.3 Å². The molecule has 0 fully saturated rings. The Morgan fingerprint density at radius 1 is 1.35 bits per heavy atom. The molecule has 0 radical (unpaired) electrons. The fraction of sp³-hybridized carbons (Fsp3) is 0.0769. The summed E-state index contributed by atoms with van der Waals surface area (Å²) >= 11 is 0. The smallest absolute Gasteiger partial charge is 0.354 e. The number of carbonyl (C=O) groups excluding carboxylic acids is 1. The SMILES string of the molecule is Cn1nccc1C=CC(=O)Nc1ccnc(C(=O)O)c1. The first-order valence-corrected chi connectivity index (χ1v) is 5.72. The van der Waals surface area contributed by atoms with Gasteiger partial charge in [0.15, 0.2) is 0 Å². The zero-order valence-electron chi connectivity index (χ0n) is 10.6. The number of nitrogens with one attached hydrogen (secondary N) is 1. The third-order valence-corrected chi connectivity index (χ3v) is 2.51. The van der Waals surface area contributed by atoms with Crippen LogP contribution >= 0.6 is 0 Å². The highest BCUT2D eigenvalue weighted by atomic mass is 16.4. The van der Waals surface area contributed by atoms with Crippen molar-refractivity contribution in [2.75, 3.05) is 5.32 Å².